The monoisotopic (exact) mass is 318 g/mol. The van der Waals surface area contributed by atoms with Crippen molar-refractivity contribution in [1.82, 2.24) is 15.4 Å². The van der Waals surface area contributed by atoms with Gasteiger partial charge in [-0.25, -0.2) is 9.97 Å². The highest BCUT2D eigenvalue weighted by Crippen LogP contribution is 2.21. The highest BCUT2D eigenvalue weighted by molar-refractivity contribution is 6.33. The summed E-state index contributed by atoms with van der Waals surface area (Å²) in [5, 5.41) is 3.32. The number of rotatable bonds is 6. The lowest BCUT2D eigenvalue weighted by atomic mass is 10.2. The van der Waals surface area contributed by atoms with E-state index < -0.39 is 5.91 Å². The number of nitrogens with zero attached hydrogens (tertiary/aromatic N) is 2. The van der Waals surface area contributed by atoms with Crippen LogP contribution in [-0.2, 0) is 0 Å². The Kier molecular flexibility index (Phi) is 5.16. The quantitative estimate of drug-likeness (QED) is 0.480. The van der Waals surface area contributed by atoms with E-state index in [9.17, 15) is 4.79 Å². The van der Waals surface area contributed by atoms with Gasteiger partial charge in [-0.05, 0) is 12.1 Å². The molecule has 2 aromatic rings. The van der Waals surface area contributed by atoms with Gasteiger partial charge in [0.15, 0.2) is 11.6 Å². The van der Waals surface area contributed by atoms with Gasteiger partial charge in [-0.1, -0.05) is 29.8 Å². The van der Waals surface area contributed by atoms with E-state index in [0.29, 0.717) is 22.9 Å². The van der Waals surface area contributed by atoms with Crippen LogP contribution in [0.25, 0.3) is 0 Å². The van der Waals surface area contributed by atoms with Crippen molar-refractivity contribution in [2.24, 2.45) is 0 Å². The minimum atomic E-state index is -0.399. The first kappa shape index (κ1) is 15.6. The second kappa shape index (κ2) is 7.28. The predicted octanol–water partition coefficient (Wildman–Crippen LogP) is 2.07. The molecule has 1 aromatic carbocycles. The van der Waals surface area contributed by atoms with Crippen LogP contribution >= 0.6 is 11.6 Å². The second-order valence-electron chi connectivity index (χ2n) is 4.21. The summed E-state index contributed by atoms with van der Waals surface area (Å²) in [5.74, 6) is 0.329. The van der Waals surface area contributed by atoms with Gasteiger partial charge in [0, 0.05) is 6.54 Å². The average Bonchev–Trinajstić information content (AvgIpc) is 2.53. The number of benzene rings is 1. The van der Waals surface area contributed by atoms with Crippen LogP contribution in [0.1, 0.15) is 10.4 Å². The Morgan fingerprint density at radius 3 is 2.77 bits per heavy atom. The molecule has 0 saturated heterocycles. The van der Waals surface area contributed by atoms with Crippen LogP contribution in [0.3, 0.4) is 0 Å². The third kappa shape index (κ3) is 3.64. The number of carbonyl (C=O) groups excluding carboxylic acids is 1. The van der Waals surface area contributed by atoms with Crippen molar-refractivity contribution >= 4 is 34.8 Å². The largest absolute Gasteiger partial charge is 0.393 e. The van der Waals surface area contributed by atoms with E-state index in [1.54, 1.807) is 30.3 Å². The van der Waals surface area contributed by atoms with Crippen LogP contribution in [-0.4, -0.2) is 22.4 Å². The van der Waals surface area contributed by atoms with Gasteiger partial charge in [0.2, 0.25) is 0 Å². The average molecular weight is 319 g/mol. The van der Waals surface area contributed by atoms with Gasteiger partial charge in [0.25, 0.3) is 5.91 Å². The summed E-state index contributed by atoms with van der Waals surface area (Å²) in [7, 11) is 0. The first-order chi connectivity index (χ1) is 10.6. The Balaban J connectivity index is 2.07. The van der Waals surface area contributed by atoms with Gasteiger partial charge in [0.05, 0.1) is 10.6 Å². The molecule has 0 radical (unpaired) electrons. The summed E-state index contributed by atoms with van der Waals surface area (Å²) in [6.45, 7) is 4.10. The third-order valence-corrected chi connectivity index (χ3v) is 3.04. The van der Waals surface area contributed by atoms with Gasteiger partial charge < -0.3 is 11.1 Å². The zero-order valence-electron chi connectivity index (χ0n) is 11.6. The predicted molar refractivity (Wildman–Crippen MR) is 87.7 cm³/mol. The number of anilines is 3. The molecule has 2 rings (SSSR count). The molecule has 0 aliphatic heterocycles. The van der Waals surface area contributed by atoms with Crippen molar-refractivity contribution < 1.29 is 4.79 Å². The lowest BCUT2D eigenvalue weighted by Gasteiger charge is -2.12. The molecule has 0 aliphatic carbocycles. The van der Waals surface area contributed by atoms with E-state index >= 15 is 0 Å². The summed E-state index contributed by atoms with van der Waals surface area (Å²) in [4.78, 5) is 20.0. The highest BCUT2D eigenvalue weighted by atomic mass is 35.5. The number of amides is 1. The van der Waals surface area contributed by atoms with E-state index in [2.05, 4.69) is 32.7 Å². The summed E-state index contributed by atoms with van der Waals surface area (Å²) in [5.41, 5.74) is 11.7. The van der Waals surface area contributed by atoms with Crippen LogP contribution in [0.5, 0.6) is 0 Å². The summed E-state index contributed by atoms with van der Waals surface area (Å²) in [6.07, 6.45) is 3.00. The molecule has 0 fully saturated rings. The van der Waals surface area contributed by atoms with Crippen molar-refractivity contribution in [3.63, 3.8) is 0 Å². The molecule has 1 aromatic heterocycles. The smallest absolute Gasteiger partial charge is 0.271 e. The van der Waals surface area contributed by atoms with E-state index in [-0.39, 0.29) is 11.5 Å². The zero-order valence-corrected chi connectivity index (χ0v) is 12.4. The molecule has 1 amide bonds. The zero-order chi connectivity index (χ0) is 15.9. The Hall–Kier alpha value is -2.80. The van der Waals surface area contributed by atoms with Crippen LogP contribution in [0, 0.1) is 0 Å². The Bertz CT molecular complexity index is 691. The SMILES string of the molecule is C=CCNc1ncnc(NNC(=O)c2ccccc2Cl)c1N. The molecule has 5 N–H and O–H groups in total. The Labute approximate surface area is 132 Å². The number of nitrogens with two attached hydrogens (primary N) is 1. The van der Waals surface area contributed by atoms with Gasteiger partial charge in [-0.2, -0.15) is 0 Å². The molecule has 0 bridgehead atoms. The fraction of sp³-hybridized carbons (Fsp3) is 0.0714. The number of carbonyl (C=O) groups is 1. The molecule has 0 unspecified atom stereocenters. The fourth-order valence-electron chi connectivity index (χ4n) is 1.63. The summed E-state index contributed by atoms with van der Waals surface area (Å²) in [6, 6.07) is 6.70. The van der Waals surface area contributed by atoms with Crippen molar-refractivity contribution in [3.8, 4) is 0 Å². The van der Waals surface area contributed by atoms with Gasteiger partial charge in [-0.15, -0.1) is 6.58 Å². The first-order valence-corrected chi connectivity index (χ1v) is 6.77. The molecule has 114 valence electrons. The first-order valence-electron chi connectivity index (χ1n) is 6.39. The number of hydrazine groups is 1. The fourth-order valence-corrected chi connectivity index (χ4v) is 1.86. The van der Waals surface area contributed by atoms with Crippen LogP contribution < -0.4 is 21.9 Å². The Morgan fingerprint density at radius 1 is 1.32 bits per heavy atom. The van der Waals surface area contributed by atoms with Crippen molar-refractivity contribution in [2.45, 2.75) is 0 Å². The van der Waals surface area contributed by atoms with E-state index in [1.165, 1.54) is 6.33 Å². The number of nitrogens with one attached hydrogen (secondary N) is 3. The number of aromatic nitrogens is 2. The van der Waals surface area contributed by atoms with Crippen molar-refractivity contribution in [2.75, 3.05) is 23.0 Å². The topological polar surface area (TPSA) is 105 Å². The number of hydrogen-bond donors (Lipinski definition) is 4. The number of halogens is 1. The molecule has 0 saturated carbocycles. The van der Waals surface area contributed by atoms with Crippen molar-refractivity contribution in [1.29, 1.82) is 0 Å². The molecule has 22 heavy (non-hydrogen) atoms. The van der Waals surface area contributed by atoms with Gasteiger partial charge in [0.1, 0.15) is 12.0 Å². The molecule has 1 heterocycles. The van der Waals surface area contributed by atoms with Crippen LogP contribution in [0.2, 0.25) is 5.02 Å². The molecule has 0 atom stereocenters. The molecular weight excluding hydrogens is 304 g/mol. The van der Waals surface area contributed by atoms with Crippen LogP contribution in [0.15, 0.2) is 43.2 Å². The molecule has 0 aliphatic rings. The minimum Gasteiger partial charge on any atom is -0.393 e. The maximum absolute atomic E-state index is 12.0. The third-order valence-electron chi connectivity index (χ3n) is 2.71. The number of nitrogen functional groups attached to an aromatic ring is 1. The normalized spacial score (nSPS) is 9.86. The van der Waals surface area contributed by atoms with Gasteiger partial charge >= 0.3 is 0 Å². The van der Waals surface area contributed by atoms with E-state index in [4.69, 9.17) is 17.3 Å². The highest BCUT2D eigenvalue weighted by Gasteiger charge is 2.11. The lowest BCUT2D eigenvalue weighted by molar-refractivity contribution is 0.0962. The minimum absolute atomic E-state index is 0.280. The lowest BCUT2D eigenvalue weighted by Crippen LogP contribution is -2.30. The van der Waals surface area contributed by atoms with Crippen molar-refractivity contribution in [3.05, 3.63) is 53.8 Å². The molecule has 7 nitrogen and oxygen atoms in total. The second-order valence-corrected chi connectivity index (χ2v) is 4.62. The number of hydrogen-bond acceptors (Lipinski definition) is 6. The standard InChI is InChI=1S/C14H15ClN6O/c1-2-7-17-12-11(16)13(19-8-18-12)20-21-14(22)9-5-3-4-6-10(9)15/h2-6,8H,1,7,16H2,(H,21,22)(H2,17,18,19,20). The van der Waals surface area contributed by atoms with E-state index in [0.717, 1.165) is 0 Å². The Morgan fingerprint density at radius 2 is 2.05 bits per heavy atom. The van der Waals surface area contributed by atoms with Crippen LogP contribution in [0.4, 0.5) is 17.3 Å². The van der Waals surface area contributed by atoms with Gasteiger partial charge in [-0.3, -0.25) is 15.6 Å². The van der Waals surface area contributed by atoms with E-state index in [1.807, 2.05) is 0 Å². The summed E-state index contributed by atoms with van der Waals surface area (Å²) >= 11 is 5.96. The maximum atomic E-state index is 12.0. The summed E-state index contributed by atoms with van der Waals surface area (Å²) < 4.78 is 0. The molecule has 8 heteroatoms. The maximum Gasteiger partial charge on any atom is 0.271 e. The molecule has 0 spiro atoms. The molecular formula is C14H15ClN6O.